The van der Waals surface area contributed by atoms with Crippen molar-refractivity contribution in [1.29, 1.82) is 0 Å². The van der Waals surface area contributed by atoms with Crippen molar-refractivity contribution < 1.29 is 9.90 Å². The lowest BCUT2D eigenvalue weighted by atomic mass is 10.2. The van der Waals surface area contributed by atoms with Crippen molar-refractivity contribution in [2.45, 2.75) is 4.90 Å². The number of rotatable bonds is 1. The van der Waals surface area contributed by atoms with Gasteiger partial charge in [0.1, 0.15) is 0 Å². The Morgan fingerprint density at radius 3 is 2.86 bits per heavy atom. The van der Waals surface area contributed by atoms with Crippen molar-refractivity contribution >= 4 is 62.6 Å². The first kappa shape index (κ1) is 10.3. The van der Waals surface area contributed by atoms with Crippen molar-refractivity contribution in [3.05, 3.63) is 26.6 Å². The van der Waals surface area contributed by atoms with Gasteiger partial charge in [-0.3, -0.25) is 0 Å². The van der Waals surface area contributed by atoms with Crippen LogP contribution in [0.25, 0.3) is 10.1 Å². The van der Waals surface area contributed by atoms with Crippen LogP contribution in [0.15, 0.2) is 23.1 Å². The van der Waals surface area contributed by atoms with Gasteiger partial charge in [-0.05, 0) is 28.7 Å². The number of benzene rings is 1. The largest absolute Gasteiger partial charge is 0.478 e. The molecule has 1 N–H and O–H groups in total. The van der Waals surface area contributed by atoms with E-state index in [2.05, 4.69) is 12.6 Å². The van der Waals surface area contributed by atoms with Crippen LogP contribution < -0.4 is 0 Å². The predicted molar refractivity (Wildman–Crippen MR) is 68.8 cm³/mol. The zero-order valence-corrected chi connectivity index (χ0v) is 10.7. The minimum atomic E-state index is -0.875. The van der Waals surface area contributed by atoms with Gasteiger partial charge >= 0.3 is 5.97 Å². The molecule has 0 fully saturated rings. The van der Waals surface area contributed by atoms with Crippen molar-refractivity contribution in [1.82, 2.24) is 0 Å². The summed E-state index contributed by atoms with van der Waals surface area (Å²) in [6, 6.07) is 5.50. The van der Waals surface area contributed by atoms with Crippen LogP contribution in [-0.2, 0) is 0 Å². The van der Waals surface area contributed by atoms with E-state index in [0.29, 0.717) is 5.56 Å². The quantitative estimate of drug-likeness (QED) is 0.618. The van der Waals surface area contributed by atoms with Crippen LogP contribution in [0.5, 0.6) is 0 Å². The Balaban J connectivity index is 2.90. The van der Waals surface area contributed by atoms with Gasteiger partial charge in [-0.2, -0.15) is 0 Å². The van der Waals surface area contributed by atoms with Gasteiger partial charge in [-0.25, -0.2) is 4.79 Å². The lowest BCUT2D eigenvalue weighted by molar-refractivity contribution is 0.0698. The van der Waals surface area contributed by atoms with E-state index < -0.39 is 5.97 Å². The van der Waals surface area contributed by atoms with Gasteiger partial charge in [0.05, 0.1) is 8.45 Å². The maximum absolute atomic E-state index is 11.0. The fourth-order valence-corrected chi connectivity index (χ4v) is 3.73. The molecule has 0 unspecified atom stereocenters. The molecule has 2 aromatic rings. The molecular formula is C9H5IO2S2. The Bertz CT molecular complexity index is 519. The average molecular weight is 336 g/mol. The molecule has 0 saturated carbocycles. The highest BCUT2D eigenvalue weighted by atomic mass is 127. The molecule has 2 nitrogen and oxygen atoms in total. The number of fused-ring (bicyclic) bond motifs is 1. The Kier molecular flexibility index (Phi) is 2.72. The van der Waals surface area contributed by atoms with Crippen molar-refractivity contribution in [2.75, 3.05) is 0 Å². The summed E-state index contributed by atoms with van der Waals surface area (Å²) < 4.78 is 1.74. The SMILES string of the molecule is O=C(O)c1c(I)sc2c(S)cccc12. The average Bonchev–Trinajstić information content (AvgIpc) is 2.42. The van der Waals surface area contributed by atoms with Crippen LogP contribution in [0.2, 0.25) is 0 Å². The second-order valence-corrected chi connectivity index (χ2v) is 6.02. The second kappa shape index (κ2) is 3.71. The highest BCUT2D eigenvalue weighted by Gasteiger charge is 2.17. The zero-order chi connectivity index (χ0) is 10.3. The predicted octanol–water partition coefficient (Wildman–Crippen LogP) is 3.49. The summed E-state index contributed by atoms with van der Waals surface area (Å²) in [7, 11) is 0. The van der Waals surface area contributed by atoms with E-state index >= 15 is 0 Å². The van der Waals surface area contributed by atoms with E-state index in [1.165, 1.54) is 11.3 Å². The molecule has 2 rings (SSSR count). The fraction of sp³-hybridized carbons (Fsp3) is 0. The molecule has 1 heterocycles. The summed E-state index contributed by atoms with van der Waals surface area (Å²) >= 11 is 7.81. The van der Waals surface area contributed by atoms with Crippen LogP contribution in [0.1, 0.15) is 10.4 Å². The van der Waals surface area contributed by atoms with Gasteiger partial charge < -0.3 is 5.11 Å². The van der Waals surface area contributed by atoms with E-state index in [1.54, 1.807) is 0 Å². The standard InChI is InChI=1S/C9H5IO2S2/c10-8-6(9(11)12)4-2-1-3-5(13)7(4)14-8/h1-3,13H,(H,11,12). The Hall–Kier alpha value is -0.270. The summed E-state index contributed by atoms with van der Waals surface area (Å²) in [5.41, 5.74) is 0.390. The normalized spacial score (nSPS) is 10.7. The monoisotopic (exact) mass is 336 g/mol. The first-order valence-electron chi connectivity index (χ1n) is 3.74. The number of thiol groups is 1. The van der Waals surface area contributed by atoms with E-state index in [-0.39, 0.29) is 0 Å². The van der Waals surface area contributed by atoms with Crippen LogP contribution in [0.3, 0.4) is 0 Å². The number of hydrogen-bond donors (Lipinski definition) is 2. The topological polar surface area (TPSA) is 37.3 Å². The third-order valence-corrected chi connectivity index (χ3v) is 4.62. The third-order valence-electron chi connectivity index (χ3n) is 1.87. The van der Waals surface area contributed by atoms with Gasteiger partial charge in [0.25, 0.3) is 0 Å². The fourth-order valence-electron chi connectivity index (χ4n) is 1.27. The summed E-state index contributed by atoms with van der Waals surface area (Å²) in [6.45, 7) is 0. The van der Waals surface area contributed by atoms with Gasteiger partial charge in [-0.15, -0.1) is 24.0 Å². The number of carboxylic acid groups (broad SMARTS) is 1. The highest BCUT2D eigenvalue weighted by molar-refractivity contribution is 14.1. The number of aromatic carboxylic acids is 1. The van der Waals surface area contributed by atoms with Crippen molar-refractivity contribution in [3.63, 3.8) is 0 Å². The Morgan fingerprint density at radius 2 is 2.21 bits per heavy atom. The highest BCUT2D eigenvalue weighted by Crippen LogP contribution is 2.35. The molecular weight excluding hydrogens is 331 g/mol. The van der Waals surface area contributed by atoms with E-state index in [4.69, 9.17) is 5.11 Å². The zero-order valence-electron chi connectivity index (χ0n) is 6.82. The lowest BCUT2D eigenvalue weighted by Crippen LogP contribution is -1.96. The molecule has 0 aliphatic rings. The number of carboxylic acids is 1. The summed E-state index contributed by atoms with van der Waals surface area (Å²) in [5, 5.41) is 9.80. The molecule has 0 aliphatic heterocycles. The minimum absolute atomic E-state index is 0.390. The summed E-state index contributed by atoms with van der Waals surface area (Å²) in [4.78, 5) is 11.8. The van der Waals surface area contributed by atoms with Gasteiger partial charge in [0, 0.05) is 15.0 Å². The molecule has 1 aromatic heterocycles. The summed E-state index contributed by atoms with van der Waals surface area (Å²) in [5.74, 6) is -0.875. The Morgan fingerprint density at radius 1 is 1.50 bits per heavy atom. The second-order valence-electron chi connectivity index (χ2n) is 2.71. The van der Waals surface area contributed by atoms with E-state index in [1.807, 2.05) is 40.8 Å². The molecule has 0 atom stereocenters. The number of halogens is 1. The number of thiophene rings is 1. The molecule has 72 valence electrons. The molecule has 0 saturated heterocycles. The molecule has 1 aromatic carbocycles. The van der Waals surface area contributed by atoms with Crippen LogP contribution in [-0.4, -0.2) is 11.1 Å². The lowest BCUT2D eigenvalue weighted by Gasteiger charge is -1.94. The summed E-state index contributed by atoms with van der Waals surface area (Å²) in [6.07, 6.45) is 0. The molecule has 5 heteroatoms. The maximum Gasteiger partial charge on any atom is 0.338 e. The first-order valence-corrected chi connectivity index (χ1v) is 6.09. The Labute approximate surface area is 103 Å². The molecule has 0 spiro atoms. The molecule has 0 amide bonds. The van der Waals surface area contributed by atoms with Gasteiger partial charge in [0.15, 0.2) is 0 Å². The van der Waals surface area contributed by atoms with Crippen LogP contribution in [0, 0.1) is 2.88 Å². The number of hydrogen-bond acceptors (Lipinski definition) is 3. The minimum Gasteiger partial charge on any atom is -0.478 e. The van der Waals surface area contributed by atoms with Gasteiger partial charge in [0.2, 0.25) is 0 Å². The molecule has 0 radical (unpaired) electrons. The van der Waals surface area contributed by atoms with E-state index in [9.17, 15) is 4.79 Å². The molecule has 14 heavy (non-hydrogen) atoms. The van der Waals surface area contributed by atoms with Crippen LogP contribution in [0.4, 0.5) is 0 Å². The van der Waals surface area contributed by atoms with Crippen LogP contribution >= 0.6 is 46.6 Å². The smallest absolute Gasteiger partial charge is 0.338 e. The molecule has 0 aliphatic carbocycles. The molecule has 0 bridgehead atoms. The third kappa shape index (κ3) is 1.53. The number of carbonyl (C=O) groups is 1. The van der Waals surface area contributed by atoms with Crippen molar-refractivity contribution in [2.24, 2.45) is 0 Å². The first-order chi connectivity index (χ1) is 6.61. The van der Waals surface area contributed by atoms with Gasteiger partial charge in [-0.1, -0.05) is 12.1 Å². The van der Waals surface area contributed by atoms with E-state index in [0.717, 1.165) is 17.9 Å². The maximum atomic E-state index is 11.0. The van der Waals surface area contributed by atoms with Crippen molar-refractivity contribution in [3.8, 4) is 0 Å².